The summed E-state index contributed by atoms with van der Waals surface area (Å²) in [6, 6.07) is 8.17. The van der Waals surface area contributed by atoms with E-state index >= 15 is 0 Å². The Kier molecular flexibility index (Phi) is 17.8. The van der Waals surface area contributed by atoms with E-state index in [9.17, 15) is 0 Å². The molecule has 0 bridgehead atoms. The van der Waals surface area contributed by atoms with Crippen LogP contribution in [0.25, 0.3) is 0 Å². The zero-order valence-electron chi connectivity index (χ0n) is 20.1. The molecule has 0 fully saturated rings. The molecule has 1 rings (SSSR count). The average Bonchev–Trinajstić information content (AvgIpc) is 2.74. The third-order valence-electron chi connectivity index (χ3n) is 4.85. The Bertz CT molecular complexity index is 602. The maximum absolute atomic E-state index is 5.90. The lowest BCUT2D eigenvalue weighted by molar-refractivity contribution is 0.0258. The van der Waals surface area contributed by atoms with Crippen LogP contribution in [0.1, 0.15) is 32.8 Å². The molecule has 0 heterocycles. The number of rotatable bonds is 15. The quantitative estimate of drug-likeness (QED) is 0.198. The highest BCUT2D eigenvalue weighted by Gasteiger charge is 2.13. The van der Waals surface area contributed by atoms with Crippen molar-refractivity contribution in [3.05, 3.63) is 29.8 Å². The molecule has 1 aromatic carbocycles. The van der Waals surface area contributed by atoms with Crippen LogP contribution in [-0.2, 0) is 16.0 Å². The van der Waals surface area contributed by atoms with Gasteiger partial charge in [-0.15, -0.1) is 24.0 Å². The molecule has 31 heavy (non-hydrogen) atoms. The second-order valence-corrected chi connectivity index (χ2v) is 7.67. The van der Waals surface area contributed by atoms with E-state index in [1.165, 1.54) is 0 Å². The lowest BCUT2D eigenvalue weighted by Gasteiger charge is -2.21. The average molecular weight is 551 g/mol. The zero-order chi connectivity index (χ0) is 22.2. The summed E-state index contributed by atoms with van der Waals surface area (Å²) < 4.78 is 16.8. The number of ether oxygens (including phenoxy) is 3. The van der Waals surface area contributed by atoms with Crippen molar-refractivity contribution in [2.75, 3.05) is 60.7 Å². The number of likely N-dealkylation sites (N-methyl/N-ethyl adjacent to an activating group) is 1. The summed E-state index contributed by atoms with van der Waals surface area (Å²) in [4.78, 5) is 6.51. The molecule has 0 saturated heterocycles. The highest BCUT2D eigenvalue weighted by atomic mass is 127. The van der Waals surface area contributed by atoms with Crippen molar-refractivity contribution in [1.29, 1.82) is 0 Å². The van der Waals surface area contributed by atoms with E-state index in [0.717, 1.165) is 56.5 Å². The van der Waals surface area contributed by atoms with Gasteiger partial charge in [0.2, 0.25) is 0 Å². The molecule has 1 atom stereocenters. The number of nitrogens with zero attached hydrogens (tertiary/aromatic N) is 2. The van der Waals surface area contributed by atoms with Crippen LogP contribution >= 0.6 is 24.0 Å². The van der Waals surface area contributed by atoms with E-state index in [1.54, 1.807) is 14.2 Å². The van der Waals surface area contributed by atoms with Gasteiger partial charge in [0.15, 0.2) is 5.96 Å². The summed E-state index contributed by atoms with van der Waals surface area (Å²) in [5.74, 6) is 2.18. The van der Waals surface area contributed by atoms with Crippen molar-refractivity contribution >= 4 is 29.9 Å². The largest absolute Gasteiger partial charge is 0.492 e. The number of hydrogen-bond acceptors (Lipinski definition) is 5. The van der Waals surface area contributed by atoms with Gasteiger partial charge in [-0.3, -0.25) is 4.99 Å². The number of hydrogen-bond donors (Lipinski definition) is 2. The second-order valence-electron chi connectivity index (χ2n) is 7.67. The van der Waals surface area contributed by atoms with Crippen LogP contribution in [0.3, 0.4) is 0 Å². The van der Waals surface area contributed by atoms with Crippen LogP contribution in [0.2, 0.25) is 0 Å². The standard InChI is InChI=1S/C23H42N4O3.HI/c1-7-29-22(19(2)3)11-12-25-23(24-4)26-18-20-9-8-10-21(17-20)30-16-14-27(5)13-15-28-6;/h8-10,17,19,22H,7,11-16,18H2,1-6H3,(H2,24,25,26);1H. The lowest BCUT2D eigenvalue weighted by atomic mass is 10.0. The third-order valence-corrected chi connectivity index (χ3v) is 4.85. The Labute approximate surface area is 206 Å². The minimum atomic E-state index is 0. The highest BCUT2D eigenvalue weighted by molar-refractivity contribution is 14.0. The van der Waals surface area contributed by atoms with Crippen molar-refractivity contribution in [3.8, 4) is 5.75 Å². The van der Waals surface area contributed by atoms with Gasteiger partial charge in [0, 0.05) is 46.9 Å². The van der Waals surface area contributed by atoms with Gasteiger partial charge in [-0.1, -0.05) is 26.0 Å². The van der Waals surface area contributed by atoms with Crippen LogP contribution in [0.15, 0.2) is 29.3 Å². The first-order valence-corrected chi connectivity index (χ1v) is 11.0. The fourth-order valence-electron chi connectivity index (χ4n) is 2.99. The van der Waals surface area contributed by atoms with Crippen LogP contribution in [0.5, 0.6) is 5.75 Å². The smallest absolute Gasteiger partial charge is 0.191 e. The molecule has 0 amide bonds. The molecule has 0 radical (unpaired) electrons. The normalized spacial score (nSPS) is 12.6. The van der Waals surface area contributed by atoms with Crippen molar-refractivity contribution in [2.24, 2.45) is 10.9 Å². The van der Waals surface area contributed by atoms with Gasteiger partial charge >= 0.3 is 0 Å². The maximum Gasteiger partial charge on any atom is 0.191 e. The van der Waals surface area contributed by atoms with E-state index in [1.807, 2.05) is 19.1 Å². The Morgan fingerprint density at radius 2 is 1.90 bits per heavy atom. The topological polar surface area (TPSA) is 67.3 Å². The fourth-order valence-corrected chi connectivity index (χ4v) is 2.99. The van der Waals surface area contributed by atoms with E-state index in [-0.39, 0.29) is 30.1 Å². The fraction of sp³-hybridized carbons (Fsp3) is 0.696. The molecule has 0 aliphatic rings. The SMILES string of the molecule is CCOC(CCNC(=NC)NCc1cccc(OCCN(C)CCOC)c1)C(C)C.I. The van der Waals surface area contributed by atoms with E-state index < -0.39 is 0 Å². The summed E-state index contributed by atoms with van der Waals surface area (Å²) in [5.41, 5.74) is 1.15. The molecule has 2 N–H and O–H groups in total. The van der Waals surface area contributed by atoms with Crippen LogP contribution in [-0.4, -0.2) is 77.6 Å². The monoisotopic (exact) mass is 550 g/mol. The molecule has 0 spiro atoms. The minimum absolute atomic E-state index is 0. The van der Waals surface area contributed by atoms with Gasteiger partial charge in [-0.25, -0.2) is 0 Å². The Morgan fingerprint density at radius 3 is 2.55 bits per heavy atom. The summed E-state index contributed by atoms with van der Waals surface area (Å²) in [7, 11) is 5.58. The Balaban J connectivity index is 0.00000900. The Hall–Kier alpha value is -1.10. The number of aliphatic imine (C=N–C) groups is 1. The van der Waals surface area contributed by atoms with E-state index in [2.05, 4.69) is 53.6 Å². The van der Waals surface area contributed by atoms with E-state index in [0.29, 0.717) is 19.1 Å². The molecule has 0 aliphatic carbocycles. The first-order chi connectivity index (χ1) is 14.5. The second kappa shape index (κ2) is 18.5. The molecular weight excluding hydrogens is 507 g/mol. The predicted octanol–water partition coefficient (Wildman–Crippen LogP) is 3.38. The van der Waals surface area contributed by atoms with Crippen molar-refractivity contribution < 1.29 is 14.2 Å². The van der Waals surface area contributed by atoms with Crippen molar-refractivity contribution in [1.82, 2.24) is 15.5 Å². The van der Waals surface area contributed by atoms with Gasteiger partial charge < -0.3 is 29.7 Å². The molecule has 180 valence electrons. The first-order valence-electron chi connectivity index (χ1n) is 11.0. The number of methoxy groups -OCH3 is 1. The predicted molar refractivity (Wildman–Crippen MR) is 140 cm³/mol. The van der Waals surface area contributed by atoms with Gasteiger partial charge in [-0.05, 0) is 44.0 Å². The molecule has 7 nitrogen and oxygen atoms in total. The summed E-state index contributed by atoms with van der Waals surface area (Å²) in [6.45, 7) is 11.8. The molecular formula is C23H43IN4O3. The number of halogens is 1. The van der Waals surface area contributed by atoms with Crippen LogP contribution in [0.4, 0.5) is 0 Å². The molecule has 1 unspecified atom stereocenters. The third kappa shape index (κ3) is 13.8. The molecule has 1 aromatic rings. The molecule has 0 aromatic heterocycles. The first kappa shape index (κ1) is 29.9. The lowest BCUT2D eigenvalue weighted by Crippen LogP contribution is -2.38. The van der Waals surface area contributed by atoms with Crippen LogP contribution in [0, 0.1) is 5.92 Å². The maximum atomic E-state index is 5.90. The van der Waals surface area contributed by atoms with Gasteiger partial charge in [0.1, 0.15) is 12.4 Å². The van der Waals surface area contributed by atoms with Gasteiger partial charge in [0.25, 0.3) is 0 Å². The molecule has 0 aliphatic heterocycles. The minimum Gasteiger partial charge on any atom is -0.492 e. The van der Waals surface area contributed by atoms with E-state index in [4.69, 9.17) is 14.2 Å². The summed E-state index contributed by atoms with van der Waals surface area (Å²) in [6.07, 6.45) is 1.22. The van der Waals surface area contributed by atoms with Gasteiger partial charge in [-0.2, -0.15) is 0 Å². The zero-order valence-corrected chi connectivity index (χ0v) is 22.5. The molecule has 0 saturated carbocycles. The Morgan fingerprint density at radius 1 is 1.16 bits per heavy atom. The number of nitrogens with one attached hydrogen (secondary N) is 2. The van der Waals surface area contributed by atoms with Gasteiger partial charge in [0.05, 0.1) is 12.7 Å². The summed E-state index contributed by atoms with van der Waals surface area (Å²) in [5, 5.41) is 6.74. The number of benzene rings is 1. The molecule has 8 heteroatoms. The van der Waals surface area contributed by atoms with Crippen molar-refractivity contribution in [3.63, 3.8) is 0 Å². The number of guanidine groups is 1. The summed E-state index contributed by atoms with van der Waals surface area (Å²) >= 11 is 0. The van der Waals surface area contributed by atoms with Crippen LogP contribution < -0.4 is 15.4 Å². The van der Waals surface area contributed by atoms with Crippen molar-refractivity contribution in [2.45, 2.75) is 39.8 Å². The highest BCUT2D eigenvalue weighted by Crippen LogP contribution is 2.13.